The smallest absolute Gasteiger partial charge is 0.267 e. The average molecular weight is 418 g/mol. The van der Waals surface area contributed by atoms with Gasteiger partial charge in [-0.1, -0.05) is 19.9 Å². The van der Waals surface area contributed by atoms with Crippen molar-refractivity contribution in [3.63, 3.8) is 0 Å². The maximum Gasteiger partial charge on any atom is 0.267 e. The minimum absolute atomic E-state index is 0.0473. The van der Waals surface area contributed by atoms with Gasteiger partial charge in [-0.05, 0) is 67.2 Å². The van der Waals surface area contributed by atoms with Crippen molar-refractivity contribution >= 4 is 22.5 Å². The molecule has 0 aliphatic carbocycles. The third-order valence-corrected chi connectivity index (χ3v) is 5.81. The third-order valence-electron chi connectivity index (χ3n) is 5.81. The number of benzene rings is 1. The van der Waals surface area contributed by atoms with E-state index in [0.717, 1.165) is 46.3 Å². The summed E-state index contributed by atoms with van der Waals surface area (Å²) in [6.45, 7) is 8.14. The van der Waals surface area contributed by atoms with Gasteiger partial charge in [-0.3, -0.25) is 9.78 Å². The fourth-order valence-electron chi connectivity index (χ4n) is 3.87. The molecule has 4 rings (SSSR count). The van der Waals surface area contributed by atoms with Crippen molar-refractivity contribution in [2.24, 2.45) is 7.05 Å². The van der Waals surface area contributed by atoms with Gasteiger partial charge in [-0.2, -0.15) is 4.98 Å². The standard InChI is InChI=1S/C24H27N5O2/c1-6-16(7-2)22-27-24(28-31-22)26-18-9-8-14(3)19(12-18)20-11-17-13-25-15(4)10-21(17)29(5)23(20)30/h8-13,16H,6-7H2,1-5H3,(H,26,28). The number of rotatable bonds is 6. The summed E-state index contributed by atoms with van der Waals surface area (Å²) in [5.74, 6) is 1.32. The Morgan fingerprint density at radius 1 is 1.10 bits per heavy atom. The maximum absolute atomic E-state index is 13.1. The molecular formula is C24H27N5O2. The molecule has 0 spiro atoms. The fourth-order valence-corrected chi connectivity index (χ4v) is 3.87. The van der Waals surface area contributed by atoms with Crippen LogP contribution in [-0.4, -0.2) is 19.7 Å². The number of fused-ring (bicyclic) bond motifs is 1. The first kappa shape index (κ1) is 20.8. The second-order valence-corrected chi connectivity index (χ2v) is 7.93. The highest BCUT2D eigenvalue weighted by molar-refractivity contribution is 5.85. The number of nitrogens with zero attached hydrogens (tertiary/aromatic N) is 4. The fraction of sp³-hybridized carbons (Fsp3) is 0.333. The lowest BCUT2D eigenvalue weighted by Crippen LogP contribution is -2.19. The summed E-state index contributed by atoms with van der Waals surface area (Å²) in [5, 5.41) is 8.19. The van der Waals surface area contributed by atoms with Gasteiger partial charge in [0, 0.05) is 41.5 Å². The van der Waals surface area contributed by atoms with Gasteiger partial charge in [0.2, 0.25) is 5.89 Å². The van der Waals surface area contributed by atoms with Crippen molar-refractivity contribution in [3.05, 3.63) is 64.0 Å². The minimum Gasteiger partial charge on any atom is -0.337 e. The third kappa shape index (κ3) is 3.95. The van der Waals surface area contributed by atoms with Crippen LogP contribution in [0.3, 0.4) is 0 Å². The predicted molar refractivity (Wildman–Crippen MR) is 123 cm³/mol. The summed E-state index contributed by atoms with van der Waals surface area (Å²) in [5.41, 5.74) is 4.99. The summed E-state index contributed by atoms with van der Waals surface area (Å²) in [7, 11) is 1.80. The highest BCUT2D eigenvalue weighted by Crippen LogP contribution is 2.28. The molecule has 7 nitrogen and oxygen atoms in total. The van der Waals surface area contributed by atoms with Crippen LogP contribution in [0, 0.1) is 13.8 Å². The van der Waals surface area contributed by atoms with Crippen LogP contribution in [0.15, 0.2) is 45.8 Å². The van der Waals surface area contributed by atoms with Crippen molar-refractivity contribution in [3.8, 4) is 11.1 Å². The molecular weight excluding hydrogens is 390 g/mol. The Labute approximate surface area is 181 Å². The molecule has 160 valence electrons. The van der Waals surface area contributed by atoms with E-state index in [1.165, 1.54) is 0 Å². The van der Waals surface area contributed by atoms with Gasteiger partial charge in [-0.15, -0.1) is 0 Å². The zero-order chi connectivity index (χ0) is 22.1. The molecule has 0 radical (unpaired) electrons. The van der Waals surface area contributed by atoms with Crippen LogP contribution in [0.5, 0.6) is 0 Å². The molecule has 31 heavy (non-hydrogen) atoms. The van der Waals surface area contributed by atoms with Crippen LogP contribution in [0.1, 0.15) is 49.8 Å². The van der Waals surface area contributed by atoms with E-state index >= 15 is 0 Å². The van der Waals surface area contributed by atoms with Gasteiger partial charge in [0.05, 0.1) is 5.52 Å². The molecule has 0 saturated heterocycles. The van der Waals surface area contributed by atoms with Gasteiger partial charge < -0.3 is 14.4 Å². The number of nitrogens with one attached hydrogen (secondary N) is 1. The molecule has 0 saturated carbocycles. The van der Waals surface area contributed by atoms with E-state index in [1.54, 1.807) is 11.6 Å². The first-order chi connectivity index (χ1) is 14.9. The molecule has 0 fully saturated rings. The lowest BCUT2D eigenvalue weighted by molar-refractivity contribution is 0.346. The van der Waals surface area contributed by atoms with E-state index in [9.17, 15) is 4.79 Å². The first-order valence-electron chi connectivity index (χ1n) is 10.6. The van der Waals surface area contributed by atoms with Crippen LogP contribution in [0.25, 0.3) is 22.0 Å². The van der Waals surface area contributed by atoms with Crippen molar-refractivity contribution in [2.75, 3.05) is 5.32 Å². The second-order valence-electron chi connectivity index (χ2n) is 7.93. The molecule has 7 heteroatoms. The van der Waals surface area contributed by atoms with Crippen LogP contribution < -0.4 is 10.9 Å². The number of aromatic nitrogens is 4. The largest absolute Gasteiger partial charge is 0.337 e. The normalized spacial score (nSPS) is 11.4. The van der Waals surface area contributed by atoms with Crippen LogP contribution in [-0.2, 0) is 7.05 Å². The summed E-state index contributed by atoms with van der Waals surface area (Å²) < 4.78 is 7.11. The lowest BCUT2D eigenvalue weighted by Gasteiger charge is -2.12. The second kappa shape index (κ2) is 8.34. The monoisotopic (exact) mass is 417 g/mol. The molecule has 1 aromatic carbocycles. The molecule has 0 aliphatic rings. The van der Waals surface area contributed by atoms with Gasteiger partial charge in [0.25, 0.3) is 11.5 Å². The maximum atomic E-state index is 13.1. The van der Waals surface area contributed by atoms with Crippen molar-refractivity contribution in [1.29, 1.82) is 0 Å². The van der Waals surface area contributed by atoms with E-state index in [2.05, 4.69) is 34.3 Å². The summed E-state index contributed by atoms with van der Waals surface area (Å²) in [6, 6.07) is 9.72. The summed E-state index contributed by atoms with van der Waals surface area (Å²) >= 11 is 0. The Hall–Kier alpha value is -3.48. The molecule has 3 aromatic heterocycles. The Morgan fingerprint density at radius 2 is 1.87 bits per heavy atom. The van der Waals surface area contributed by atoms with Crippen molar-refractivity contribution < 1.29 is 4.52 Å². The molecule has 3 heterocycles. The number of anilines is 2. The van der Waals surface area contributed by atoms with Gasteiger partial charge in [0.1, 0.15) is 0 Å². The zero-order valence-corrected chi connectivity index (χ0v) is 18.6. The molecule has 0 unspecified atom stereocenters. The summed E-state index contributed by atoms with van der Waals surface area (Å²) in [6.07, 6.45) is 3.71. The lowest BCUT2D eigenvalue weighted by atomic mass is 9.99. The first-order valence-corrected chi connectivity index (χ1v) is 10.6. The predicted octanol–water partition coefficient (Wildman–Crippen LogP) is 5.25. The summed E-state index contributed by atoms with van der Waals surface area (Å²) in [4.78, 5) is 22.0. The van der Waals surface area contributed by atoms with E-state index in [-0.39, 0.29) is 11.5 Å². The highest BCUT2D eigenvalue weighted by Gasteiger charge is 2.16. The van der Waals surface area contributed by atoms with Crippen LogP contribution in [0.2, 0.25) is 0 Å². The molecule has 0 amide bonds. The molecule has 0 bridgehead atoms. The average Bonchev–Trinajstić information content (AvgIpc) is 3.22. The van der Waals surface area contributed by atoms with Gasteiger partial charge >= 0.3 is 0 Å². The minimum atomic E-state index is -0.0473. The molecule has 0 aliphatic heterocycles. The topological polar surface area (TPSA) is 85.8 Å². The number of hydrogen-bond acceptors (Lipinski definition) is 6. The molecule has 1 N–H and O–H groups in total. The van der Waals surface area contributed by atoms with Crippen molar-refractivity contribution in [2.45, 2.75) is 46.5 Å². The zero-order valence-electron chi connectivity index (χ0n) is 18.6. The quantitative estimate of drug-likeness (QED) is 0.461. The van der Waals surface area contributed by atoms with E-state index in [4.69, 9.17) is 4.52 Å². The van der Waals surface area contributed by atoms with Crippen molar-refractivity contribution in [1.82, 2.24) is 19.7 Å². The molecule has 0 atom stereocenters. The Kier molecular flexibility index (Phi) is 5.59. The highest BCUT2D eigenvalue weighted by atomic mass is 16.5. The van der Waals surface area contributed by atoms with E-state index in [1.807, 2.05) is 50.4 Å². The van der Waals surface area contributed by atoms with E-state index in [0.29, 0.717) is 17.4 Å². The SMILES string of the molecule is CCC(CC)c1nc(Nc2ccc(C)c(-c3cc4cnc(C)cc4n(C)c3=O)c2)no1. The van der Waals surface area contributed by atoms with Crippen LogP contribution >= 0.6 is 0 Å². The Morgan fingerprint density at radius 3 is 2.61 bits per heavy atom. The Balaban J connectivity index is 1.73. The number of hydrogen-bond donors (Lipinski definition) is 1. The van der Waals surface area contributed by atoms with Gasteiger partial charge in [-0.25, -0.2) is 0 Å². The number of pyridine rings is 2. The number of aryl methyl sites for hydroxylation is 3. The van der Waals surface area contributed by atoms with E-state index < -0.39 is 0 Å². The van der Waals surface area contributed by atoms with Crippen LogP contribution in [0.4, 0.5) is 11.6 Å². The Bertz CT molecular complexity index is 1300. The van der Waals surface area contributed by atoms with Gasteiger partial charge in [0.15, 0.2) is 0 Å². The molecule has 4 aromatic rings.